The maximum absolute atomic E-state index is 6.37. The van der Waals surface area contributed by atoms with Gasteiger partial charge in [0.2, 0.25) is 0 Å². The van der Waals surface area contributed by atoms with Crippen molar-refractivity contribution in [1.29, 1.82) is 0 Å². The number of piperazine rings is 1. The van der Waals surface area contributed by atoms with Crippen molar-refractivity contribution in [2.24, 2.45) is 0 Å². The zero-order valence-electron chi connectivity index (χ0n) is 11.9. The standard InChI is InChI=1S/C15H20Cl2N2.2ClH/c1-2-3-7-14(19-10-8-18-9-11-19)15-12(16)5-4-6-13(15)17;;/h2,4-6,14,18H,1,3,7-11H2;2*1H/t14-;;/m1../s1. The Morgan fingerprint density at radius 3 is 2.29 bits per heavy atom. The first kappa shape index (κ1) is 21.0. The average molecular weight is 372 g/mol. The van der Waals surface area contributed by atoms with Crippen LogP contribution in [0, 0.1) is 0 Å². The minimum absolute atomic E-state index is 0. The van der Waals surface area contributed by atoms with Gasteiger partial charge in [-0.15, -0.1) is 31.4 Å². The van der Waals surface area contributed by atoms with Gasteiger partial charge in [-0.1, -0.05) is 35.3 Å². The topological polar surface area (TPSA) is 15.3 Å². The van der Waals surface area contributed by atoms with Gasteiger partial charge in [-0.2, -0.15) is 0 Å². The SMILES string of the molecule is C=CCC[C@H](c1c(Cl)cccc1Cl)N1CCNCC1.Cl.Cl. The van der Waals surface area contributed by atoms with Crippen molar-refractivity contribution in [3.8, 4) is 0 Å². The van der Waals surface area contributed by atoms with E-state index in [2.05, 4.69) is 16.8 Å². The van der Waals surface area contributed by atoms with Crippen molar-refractivity contribution in [1.82, 2.24) is 10.2 Å². The predicted octanol–water partition coefficient (Wildman–Crippen LogP) is 4.75. The second kappa shape index (κ2) is 10.7. The van der Waals surface area contributed by atoms with Crippen LogP contribution in [0.1, 0.15) is 24.4 Å². The number of nitrogens with one attached hydrogen (secondary N) is 1. The average Bonchev–Trinajstić information content (AvgIpc) is 2.43. The molecule has 1 atom stereocenters. The Kier molecular flexibility index (Phi) is 10.7. The Labute approximate surface area is 149 Å². The van der Waals surface area contributed by atoms with E-state index < -0.39 is 0 Å². The zero-order valence-corrected chi connectivity index (χ0v) is 15.0. The first-order chi connectivity index (χ1) is 9.24. The van der Waals surface area contributed by atoms with E-state index in [0.717, 1.165) is 54.6 Å². The molecule has 21 heavy (non-hydrogen) atoms. The maximum Gasteiger partial charge on any atom is 0.0468 e. The summed E-state index contributed by atoms with van der Waals surface area (Å²) in [5.74, 6) is 0. The van der Waals surface area contributed by atoms with Crippen molar-refractivity contribution in [2.75, 3.05) is 26.2 Å². The van der Waals surface area contributed by atoms with Crippen LogP contribution in [0.2, 0.25) is 10.0 Å². The van der Waals surface area contributed by atoms with Gasteiger partial charge in [-0.05, 0) is 25.0 Å². The highest BCUT2D eigenvalue weighted by molar-refractivity contribution is 6.36. The van der Waals surface area contributed by atoms with Crippen LogP contribution in [0.4, 0.5) is 0 Å². The van der Waals surface area contributed by atoms with Gasteiger partial charge in [-0.25, -0.2) is 0 Å². The Morgan fingerprint density at radius 2 is 1.76 bits per heavy atom. The van der Waals surface area contributed by atoms with E-state index in [0.29, 0.717) is 0 Å². The molecule has 1 N–H and O–H groups in total. The summed E-state index contributed by atoms with van der Waals surface area (Å²) in [4.78, 5) is 2.47. The molecule has 1 aromatic rings. The van der Waals surface area contributed by atoms with Gasteiger partial charge >= 0.3 is 0 Å². The summed E-state index contributed by atoms with van der Waals surface area (Å²) < 4.78 is 0. The zero-order chi connectivity index (χ0) is 13.7. The Morgan fingerprint density at radius 1 is 1.19 bits per heavy atom. The summed E-state index contributed by atoms with van der Waals surface area (Å²) in [6, 6.07) is 6.02. The van der Waals surface area contributed by atoms with Crippen LogP contribution in [0.5, 0.6) is 0 Å². The second-order valence-corrected chi connectivity index (χ2v) is 5.62. The van der Waals surface area contributed by atoms with Crippen LogP contribution in [-0.2, 0) is 0 Å². The summed E-state index contributed by atoms with van der Waals surface area (Å²) in [5, 5.41) is 4.91. The molecule has 1 aliphatic rings. The lowest BCUT2D eigenvalue weighted by Gasteiger charge is -2.36. The van der Waals surface area contributed by atoms with Crippen LogP contribution >= 0.6 is 48.0 Å². The van der Waals surface area contributed by atoms with Gasteiger partial charge in [0, 0.05) is 47.8 Å². The van der Waals surface area contributed by atoms with E-state index in [4.69, 9.17) is 23.2 Å². The molecule has 120 valence electrons. The molecule has 0 aliphatic carbocycles. The fourth-order valence-corrected chi connectivity index (χ4v) is 3.26. The summed E-state index contributed by atoms with van der Waals surface area (Å²) in [6.07, 6.45) is 3.93. The smallest absolute Gasteiger partial charge is 0.0468 e. The van der Waals surface area contributed by atoms with E-state index in [1.807, 2.05) is 24.3 Å². The van der Waals surface area contributed by atoms with Crippen LogP contribution in [-0.4, -0.2) is 31.1 Å². The molecule has 1 fully saturated rings. The van der Waals surface area contributed by atoms with Crippen molar-refractivity contribution in [2.45, 2.75) is 18.9 Å². The van der Waals surface area contributed by atoms with E-state index in [1.54, 1.807) is 0 Å². The third-order valence-electron chi connectivity index (χ3n) is 3.57. The van der Waals surface area contributed by atoms with Crippen LogP contribution in [0.25, 0.3) is 0 Å². The molecule has 0 unspecified atom stereocenters. The normalized spacial score (nSPS) is 16.5. The molecule has 1 heterocycles. The number of benzene rings is 1. The number of allylic oxidation sites excluding steroid dienone is 1. The monoisotopic (exact) mass is 370 g/mol. The molecule has 1 aromatic carbocycles. The summed E-state index contributed by atoms with van der Waals surface area (Å²) in [6.45, 7) is 7.92. The lowest BCUT2D eigenvalue weighted by molar-refractivity contribution is 0.166. The Hall–Kier alpha value is 0.0400. The van der Waals surface area contributed by atoms with Crippen LogP contribution in [0.15, 0.2) is 30.9 Å². The molecule has 1 saturated heterocycles. The molecule has 2 nitrogen and oxygen atoms in total. The van der Waals surface area contributed by atoms with Gasteiger partial charge < -0.3 is 5.32 Å². The van der Waals surface area contributed by atoms with E-state index in [1.165, 1.54) is 0 Å². The molecule has 0 saturated carbocycles. The molecule has 1 aliphatic heterocycles. The first-order valence-corrected chi connectivity index (χ1v) is 7.49. The highest BCUT2D eigenvalue weighted by Gasteiger charge is 2.25. The van der Waals surface area contributed by atoms with E-state index in [9.17, 15) is 0 Å². The lowest BCUT2D eigenvalue weighted by atomic mass is 9.99. The molecule has 0 amide bonds. The molecule has 0 spiro atoms. The van der Waals surface area contributed by atoms with Crippen LogP contribution in [0.3, 0.4) is 0 Å². The molecule has 0 bridgehead atoms. The quantitative estimate of drug-likeness (QED) is 0.751. The summed E-state index contributed by atoms with van der Waals surface area (Å²) in [7, 11) is 0. The number of hydrogen-bond acceptors (Lipinski definition) is 2. The number of halogens is 4. The second-order valence-electron chi connectivity index (χ2n) is 4.80. The molecular weight excluding hydrogens is 350 g/mol. The van der Waals surface area contributed by atoms with Gasteiger partial charge in [0.15, 0.2) is 0 Å². The van der Waals surface area contributed by atoms with Gasteiger partial charge in [-0.3, -0.25) is 4.90 Å². The van der Waals surface area contributed by atoms with Gasteiger partial charge in [0.25, 0.3) is 0 Å². The fraction of sp³-hybridized carbons (Fsp3) is 0.467. The van der Waals surface area contributed by atoms with Gasteiger partial charge in [0.1, 0.15) is 0 Å². The largest absolute Gasteiger partial charge is 0.314 e. The molecule has 6 heteroatoms. The lowest BCUT2D eigenvalue weighted by Crippen LogP contribution is -2.45. The fourth-order valence-electron chi connectivity index (χ4n) is 2.61. The number of rotatable bonds is 5. The number of nitrogens with zero attached hydrogens (tertiary/aromatic N) is 1. The van der Waals surface area contributed by atoms with Crippen molar-refractivity contribution in [3.05, 3.63) is 46.5 Å². The first-order valence-electron chi connectivity index (χ1n) is 6.73. The predicted molar refractivity (Wildman–Crippen MR) is 97.6 cm³/mol. The molecule has 0 aromatic heterocycles. The van der Waals surface area contributed by atoms with Crippen LogP contribution < -0.4 is 5.32 Å². The minimum atomic E-state index is 0. The summed E-state index contributed by atoms with van der Waals surface area (Å²) >= 11 is 12.7. The van der Waals surface area contributed by atoms with E-state index >= 15 is 0 Å². The third-order valence-corrected chi connectivity index (χ3v) is 4.23. The Bertz CT molecular complexity index is 413. The summed E-state index contributed by atoms with van der Waals surface area (Å²) in [5.41, 5.74) is 1.06. The van der Waals surface area contributed by atoms with E-state index in [-0.39, 0.29) is 30.9 Å². The highest BCUT2D eigenvalue weighted by Crippen LogP contribution is 2.36. The molecule has 2 rings (SSSR count). The van der Waals surface area contributed by atoms with Crippen molar-refractivity contribution >= 4 is 48.0 Å². The molecular formula is C15H22Cl4N2. The van der Waals surface area contributed by atoms with Crippen molar-refractivity contribution in [3.63, 3.8) is 0 Å². The number of hydrogen-bond donors (Lipinski definition) is 1. The highest BCUT2D eigenvalue weighted by atomic mass is 35.5. The Balaban J connectivity index is 0.00000200. The van der Waals surface area contributed by atoms with Gasteiger partial charge in [0.05, 0.1) is 0 Å². The third kappa shape index (κ3) is 5.63. The minimum Gasteiger partial charge on any atom is -0.314 e. The maximum atomic E-state index is 6.37. The van der Waals surface area contributed by atoms with Crippen molar-refractivity contribution < 1.29 is 0 Å². The molecule has 0 radical (unpaired) electrons.